The predicted molar refractivity (Wildman–Crippen MR) is 118 cm³/mol. The first kappa shape index (κ1) is 23.7. The zero-order valence-electron chi connectivity index (χ0n) is 16.1. The maximum atomic E-state index is 12.1. The van der Waals surface area contributed by atoms with E-state index in [2.05, 4.69) is 15.6 Å². The molecule has 0 spiro atoms. The van der Waals surface area contributed by atoms with Crippen LogP contribution >= 0.6 is 24.0 Å². The quantitative estimate of drug-likeness (QED) is 0.347. The first-order valence-electron chi connectivity index (χ1n) is 8.91. The Morgan fingerprint density at radius 3 is 2.44 bits per heavy atom. The third kappa shape index (κ3) is 7.28. The van der Waals surface area contributed by atoms with Gasteiger partial charge in [-0.3, -0.25) is 4.79 Å². The van der Waals surface area contributed by atoms with Crippen molar-refractivity contribution in [3.05, 3.63) is 29.3 Å². The highest BCUT2D eigenvalue weighted by Crippen LogP contribution is 2.17. The molecule has 1 aromatic carbocycles. The number of hydrogen-bond donors (Lipinski definition) is 2. The van der Waals surface area contributed by atoms with Crippen molar-refractivity contribution >= 4 is 45.7 Å². The minimum Gasteiger partial charge on any atom is -0.357 e. The molecule has 27 heavy (non-hydrogen) atoms. The Bertz CT molecular complexity index is 775. The van der Waals surface area contributed by atoms with Crippen LogP contribution in [-0.2, 0) is 21.2 Å². The molecule has 0 aromatic heterocycles. The van der Waals surface area contributed by atoms with Gasteiger partial charge in [0.2, 0.25) is 5.91 Å². The first-order chi connectivity index (χ1) is 12.3. The molecule has 1 heterocycles. The van der Waals surface area contributed by atoms with Gasteiger partial charge in [-0.2, -0.15) is 0 Å². The fourth-order valence-electron chi connectivity index (χ4n) is 2.98. The van der Waals surface area contributed by atoms with Crippen LogP contribution in [0.25, 0.3) is 0 Å². The van der Waals surface area contributed by atoms with Crippen molar-refractivity contribution in [3.8, 4) is 0 Å². The Morgan fingerprint density at radius 1 is 1.22 bits per heavy atom. The summed E-state index contributed by atoms with van der Waals surface area (Å²) in [5.41, 5.74) is 1.63. The zero-order chi connectivity index (χ0) is 19.2. The molecule has 0 bridgehead atoms. The number of rotatable bonds is 6. The van der Waals surface area contributed by atoms with E-state index in [9.17, 15) is 13.2 Å². The fraction of sp³-hybridized carbons (Fsp3) is 0.556. The van der Waals surface area contributed by atoms with Crippen molar-refractivity contribution in [1.29, 1.82) is 0 Å². The van der Waals surface area contributed by atoms with Gasteiger partial charge < -0.3 is 15.5 Å². The monoisotopic (exact) mass is 508 g/mol. The summed E-state index contributed by atoms with van der Waals surface area (Å²) >= 11 is 0. The topological polar surface area (TPSA) is 90.9 Å². The number of likely N-dealkylation sites (tertiary alicyclic amines) is 1. The van der Waals surface area contributed by atoms with Gasteiger partial charge in [-0.25, -0.2) is 13.4 Å². The van der Waals surface area contributed by atoms with Crippen LogP contribution in [0.5, 0.6) is 0 Å². The SMILES string of the molecule is CCNC(=NCc1ccc(S(C)(=O)=O)c(C)c1)NCC(=O)N1CCCC1.I. The van der Waals surface area contributed by atoms with E-state index in [1.165, 1.54) is 6.26 Å². The molecular formula is C18H29IN4O3S. The lowest BCUT2D eigenvalue weighted by molar-refractivity contribution is -0.128. The number of nitrogens with one attached hydrogen (secondary N) is 2. The van der Waals surface area contributed by atoms with Gasteiger partial charge in [0.25, 0.3) is 0 Å². The molecule has 1 aromatic rings. The number of nitrogens with zero attached hydrogens (tertiary/aromatic N) is 2. The molecule has 0 atom stereocenters. The highest BCUT2D eigenvalue weighted by atomic mass is 127. The number of aryl methyl sites for hydroxylation is 1. The van der Waals surface area contributed by atoms with Gasteiger partial charge >= 0.3 is 0 Å². The van der Waals surface area contributed by atoms with Crippen LogP contribution in [0.1, 0.15) is 30.9 Å². The summed E-state index contributed by atoms with van der Waals surface area (Å²) in [6.45, 7) is 6.72. The highest BCUT2D eigenvalue weighted by molar-refractivity contribution is 14.0. The summed E-state index contributed by atoms with van der Waals surface area (Å²) < 4.78 is 23.4. The lowest BCUT2D eigenvalue weighted by Gasteiger charge is -2.17. The number of carbonyl (C=O) groups excluding carboxylic acids is 1. The van der Waals surface area contributed by atoms with E-state index in [4.69, 9.17) is 0 Å². The van der Waals surface area contributed by atoms with Gasteiger partial charge in [0.05, 0.1) is 18.0 Å². The molecule has 1 amide bonds. The molecule has 1 aliphatic heterocycles. The molecule has 7 nitrogen and oxygen atoms in total. The standard InChI is InChI=1S/C18H28N4O3S.HI/c1-4-19-18(21-13-17(23)22-9-5-6-10-22)20-12-15-7-8-16(14(2)11-15)26(3,24)25;/h7-8,11H,4-6,9-10,12-13H2,1-3H3,(H2,19,20,21);1H. The average molecular weight is 508 g/mol. The lowest BCUT2D eigenvalue weighted by Crippen LogP contribution is -2.44. The molecule has 1 saturated heterocycles. The predicted octanol–water partition coefficient (Wildman–Crippen LogP) is 1.69. The van der Waals surface area contributed by atoms with Gasteiger partial charge in [-0.05, 0) is 43.9 Å². The summed E-state index contributed by atoms with van der Waals surface area (Å²) in [5.74, 6) is 0.659. The number of amides is 1. The fourth-order valence-corrected chi connectivity index (χ4v) is 3.93. The minimum absolute atomic E-state index is 0. The maximum absolute atomic E-state index is 12.1. The van der Waals surface area contributed by atoms with Crippen LogP contribution in [0.15, 0.2) is 28.1 Å². The summed E-state index contributed by atoms with van der Waals surface area (Å²) in [6.07, 6.45) is 3.35. The molecule has 1 aliphatic rings. The summed E-state index contributed by atoms with van der Waals surface area (Å²) in [4.78, 5) is 18.8. The molecule has 0 unspecified atom stereocenters. The third-order valence-corrected chi connectivity index (χ3v) is 5.53. The van der Waals surface area contributed by atoms with Crippen LogP contribution in [0, 0.1) is 6.92 Å². The van der Waals surface area contributed by atoms with Crippen molar-refractivity contribution < 1.29 is 13.2 Å². The smallest absolute Gasteiger partial charge is 0.241 e. The maximum Gasteiger partial charge on any atom is 0.241 e. The van der Waals surface area contributed by atoms with Crippen LogP contribution in [0.4, 0.5) is 0 Å². The number of sulfone groups is 1. The van der Waals surface area contributed by atoms with Crippen LogP contribution in [0.3, 0.4) is 0 Å². The molecule has 0 saturated carbocycles. The second-order valence-electron chi connectivity index (χ2n) is 6.51. The number of benzene rings is 1. The van der Waals surface area contributed by atoms with Crippen LogP contribution < -0.4 is 10.6 Å². The average Bonchev–Trinajstić information content (AvgIpc) is 3.10. The van der Waals surface area contributed by atoms with Crippen molar-refractivity contribution in [1.82, 2.24) is 15.5 Å². The molecule has 2 rings (SSSR count). The van der Waals surface area contributed by atoms with Crippen molar-refractivity contribution in [2.24, 2.45) is 4.99 Å². The molecule has 152 valence electrons. The molecular weight excluding hydrogens is 479 g/mol. The normalized spacial score (nSPS) is 14.6. The van der Waals surface area contributed by atoms with E-state index in [1.54, 1.807) is 19.1 Å². The Morgan fingerprint density at radius 2 is 1.89 bits per heavy atom. The van der Waals surface area contributed by atoms with Gasteiger partial charge in [-0.1, -0.05) is 12.1 Å². The molecule has 0 aliphatic carbocycles. The molecule has 1 fully saturated rings. The molecule has 0 radical (unpaired) electrons. The highest BCUT2D eigenvalue weighted by Gasteiger charge is 2.17. The Hall–Kier alpha value is -1.36. The van der Waals surface area contributed by atoms with Gasteiger partial charge in [0, 0.05) is 25.9 Å². The van der Waals surface area contributed by atoms with E-state index < -0.39 is 9.84 Å². The number of hydrogen-bond acceptors (Lipinski definition) is 4. The second kappa shape index (κ2) is 10.8. The molecule has 2 N–H and O–H groups in total. The van der Waals surface area contributed by atoms with E-state index >= 15 is 0 Å². The van der Waals surface area contributed by atoms with Gasteiger partial charge in [0.15, 0.2) is 15.8 Å². The number of carbonyl (C=O) groups is 1. The summed E-state index contributed by atoms with van der Waals surface area (Å²) in [6, 6.07) is 5.22. The van der Waals surface area contributed by atoms with Crippen molar-refractivity contribution in [3.63, 3.8) is 0 Å². The van der Waals surface area contributed by atoms with Gasteiger partial charge in [0.1, 0.15) is 0 Å². The summed E-state index contributed by atoms with van der Waals surface area (Å²) in [5, 5.41) is 6.19. The van der Waals surface area contributed by atoms with E-state index in [0.717, 1.165) is 31.5 Å². The minimum atomic E-state index is -3.22. The lowest BCUT2D eigenvalue weighted by atomic mass is 10.1. The van der Waals surface area contributed by atoms with Gasteiger partial charge in [-0.15, -0.1) is 24.0 Å². The Labute approximate surface area is 178 Å². The number of halogens is 1. The van der Waals surface area contributed by atoms with E-state index in [1.807, 2.05) is 17.9 Å². The first-order valence-corrected chi connectivity index (χ1v) is 10.8. The van der Waals surface area contributed by atoms with E-state index in [-0.39, 0.29) is 36.4 Å². The number of guanidine groups is 1. The van der Waals surface area contributed by atoms with Crippen molar-refractivity contribution in [2.45, 2.75) is 38.1 Å². The second-order valence-corrected chi connectivity index (χ2v) is 8.49. The number of aliphatic imine (C=N–C) groups is 1. The third-order valence-electron chi connectivity index (χ3n) is 4.27. The zero-order valence-corrected chi connectivity index (χ0v) is 19.3. The van der Waals surface area contributed by atoms with Crippen LogP contribution in [0.2, 0.25) is 0 Å². The summed E-state index contributed by atoms with van der Waals surface area (Å²) in [7, 11) is -3.22. The Kier molecular flexibility index (Phi) is 9.51. The Balaban J connectivity index is 0.00000364. The largest absolute Gasteiger partial charge is 0.357 e. The van der Waals surface area contributed by atoms with E-state index in [0.29, 0.717) is 29.5 Å². The van der Waals surface area contributed by atoms with Crippen LogP contribution in [-0.4, -0.2) is 57.6 Å². The molecule has 9 heteroatoms. The van der Waals surface area contributed by atoms with Crippen molar-refractivity contribution in [2.75, 3.05) is 32.4 Å².